The van der Waals surface area contributed by atoms with Gasteiger partial charge in [0.15, 0.2) is 11.5 Å². The number of ether oxygens (including phenoxy) is 2. The predicted octanol–water partition coefficient (Wildman–Crippen LogP) is 4.48. The molecule has 2 aliphatic rings. The molecule has 0 spiro atoms. The molecule has 170 valence electrons. The SMILES string of the molecule is C[C@@H](C(=O)NC1CCCC1)N(Cc1ccccc1Cl)C(=O)CCc1ccc2c(c1)OCO2. The number of nitrogens with one attached hydrogen (secondary N) is 1. The summed E-state index contributed by atoms with van der Waals surface area (Å²) >= 11 is 6.36. The molecule has 1 N–H and O–H groups in total. The van der Waals surface area contributed by atoms with Crippen LogP contribution in [0.1, 0.15) is 50.2 Å². The van der Waals surface area contributed by atoms with Gasteiger partial charge in [0.2, 0.25) is 18.6 Å². The van der Waals surface area contributed by atoms with Crippen LogP contribution in [0, 0.1) is 0 Å². The van der Waals surface area contributed by atoms with Crippen LogP contribution in [0.5, 0.6) is 11.5 Å². The van der Waals surface area contributed by atoms with Gasteiger partial charge in [-0.1, -0.05) is 48.7 Å². The molecular weight excluding hydrogens is 428 g/mol. The van der Waals surface area contributed by atoms with E-state index >= 15 is 0 Å². The number of fused-ring (bicyclic) bond motifs is 1. The maximum absolute atomic E-state index is 13.3. The molecule has 1 fully saturated rings. The summed E-state index contributed by atoms with van der Waals surface area (Å²) in [4.78, 5) is 27.9. The Hall–Kier alpha value is -2.73. The van der Waals surface area contributed by atoms with E-state index < -0.39 is 6.04 Å². The first-order valence-corrected chi connectivity index (χ1v) is 11.6. The van der Waals surface area contributed by atoms with Crippen molar-refractivity contribution in [2.24, 2.45) is 0 Å². The number of benzene rings is 2. The average molecular weight is 457 g/mol. The fourth-order valence-electron chi connectivity index (χ4n) is 4.28. The van der Waals surface area contributed by atoms with Crippen LogP contribution in [0.15, 0.2) is 42.5 Å². The Kier molecular flexibility index (Phi) is 7.20. The normalized spacial score (nSPS) is 16.1. The van der Waals surface area contributed by atoms with E-state index in [4.69, 9.17) is 21.1 Å². The van der Waals surface area contributed by atoms with Gasteiger partial charge < -0.3 is 19.7 Å². The zero-order chi connectivity index (χ0) is 22.5. The van der Waals surface area contributed by atoms with Crippen LogP contribution < -0.4 is 14.8 Å². The van der Waals surface area contributed by atoms with Crippen LogP contribution >= 0.6 is 11.6 Å². The zero-order valence-corrected chi connectivity index (χ0v) is 19.1. The smallest absolute Gasteiger partial charge is 0.242 e. The van der Waals surface area contributed by atoms with Gasteiger partial charge in [-0.3, -0.25) is 9.59 Å². The molecule has 1 atom stereocenters. The van der Waals surface area contributed by atoms with Crippen molar-refractivity contribution in [3.8, 4) is 11.5 Å². The lowest BCUT2D eigenvalue weighted by Crippen LogP contribution is -2.49. The van der Waals surface area contributed by atoms with Gasteiger partial charge in [-0.05, 0) is 55.5 Å². The zero-order valence-electron chi connectivity index (χ0n) is 18.3. The average Bonchev–Trinajstić information content (AvgIpc) is 3.48. The maximum Gasteiger partial charge on any atom is 0.242 e. The van der Waals surface area contributed by atoms with E-state index in [0.29, 0.717) is 23.7 Å². The Morgan fingerprint density at radius 2 is 1.88 bits per heavy atom. The minimum Gasteiger partial charge on any atom is -0.454 e. The second kappa shape index (κ2) is 10.3. The topological polar surface area (TPSA) is 67.9 Å². The molecule has 2 amide bonds. The van der Waals surface area contributed by atoms with E-state index in [9.17, 15) is 9.59 Å². The van der Waals surface area contributed by atoms with E-state index in [1.807, 2.05) is 36.4 Å². The van der Waals surface area contributed by atoms with Crippen LogP contribution in [0.25, 0.3) is 0 Å². The van der Waals surface area contributed by atoms with Gasteiger partial charge in [-0.2, -0.15) is 0 Å². The minimum atomic E-state index is -0.587. The third-order valence-corrected chi connectivity index (χ3v) is 6.60. The number of carbonyl (C=O) groups is 2. The van der Waals surface area contributed by atoms with E-state index in [0.717, 1.165) is 42.6 Å². The molecule has 0 radical (unpaired) electrons. The van der Waals surface area contributed by atoms with Crippen molar-refractivity contribution in [3.63, 3.8) is 0 Å². The summed E-state index contributed by atoms with van der Waals surface area (Å²) in [7, 11) is 0. The highest BCUT2D eigenvalue weighted by molar-refractivity contribution is 6.31. The van der Waals surface area contributed by atoms with Crippen molar-refractivity contribution in [1.82, 2.24) is 10.2 Å². The number of amides is 2. The van der Waals surface area contributed by atoms with Gasteiger partial charge in [0.1, 0.15) is 6.04 Å². The number of carbonyl (C=O) groups excluding carboxylic acids is 2. The molecule has 1 aliphatic heterocycles. The third-order valence-electron chi connectivity index (χ3n) is 6.23. The Bertz CT molecular complexity index is 974. The van der Waals surface area contributed by atoms with Crippen LogP contribution in [0.2, 0.25) is 5.02 Å². The number of hydrogen-bond acceptors (Lipinski definition) is 4. The lowest BCUT2D eigenvalue weighted by Gasteiger charge is -2.30. The molecule has 2 aromatic carbocycles. The lowest BCUT2D eigenvalue weighted by molar-refractivity contribution is -0.140. The highest BCUT2D eigenvalue weighted by atomic mass is 35.5. The van der Waals surface area contributed by atoms with Gasteiger partial charge in [-0.15, -0.1) is 0 Å². The van der Waals surface area contributed by atoms with E-state index in [1.165, 1.54) is 0 Å². The standard InChI is InChI=1S/C25H29ClN2O4/c1-17(25(30)27-20-7-3-4-8-20)28(15-19-6-2-5-9-21(19)26)24(29)13-11-18-10-12-22-23(14-18)32-16-31-22/h2,5-6,9-10,12,14,17,20H,3-4,7-8,11,13,15-16H2,1H3,(H,27,30)/t17-/m0/s1. The molecule has 7 heteroatoms. The molecule has 4 rings (SSSR count). The van der Waals surface area contributed by atoms with Crippen molar-refractivity contribution >= 4 is 23.4 Å². The fourth-order valence-corrected chi connectivity index (χ4v) is 4.47. The van der Waals surface area contributed by atoms with Gasteiger partial charge in [0, 0.05) is 24.0 Å². The van der Waals surface area contributed by atoms with Crippen molar-refractivity contribution in [2.45, 2.75) is 64.1 Å². The third kappa shape index (κ3) is 5.36. The highest BCUT2D eigenvalue weighted by Crippen LogP contribution is 2.33. The number of rotatable bonds is 8. The minimum absolute atomic E-state index is 0.0864. The van der Waals surface area contributed by atoms with E-state index in [2.05, 4.69) is 5.32 Å². The molecule has 32 heavy (non-hydrogen) atoms. The predicted molar refractivity (Wildman–Crippen MR) is 123 cm³/mol. The molecular formula is C25H29ClN2O4. The number of halogens is 1. The van der Waals surface area contributed by atoms with Crippen molar-refractivity contribution in [2.75, 3.05) is 6.79 Å². The fraction of sp³-hybridized carbons (Fsp3) is 0.440. The molecule has 0 unspecified atom stereocenters. The summed E-state index contributed by atoms with van der Waals surface area (Å²) in [6.45, 7) is 2.30. The van der Waals surface area contributed by atoms with Gasteiger partial charge in [-0.25, -0.2) is 0 Å². The summed E-state index contributed by atoms with van der Waals surface area (Å²) in [5, 5.41) is 3.71. The molecule has 6 nitrogen and oxygen atoms in total. The first-order chi connectivity index (χ1) is 15.5. The summed E-state index contributed by atoms with van der Waals surface area (Å²) in [5.74, 6) is 1.22. The van der Waals surface area contributed by atoms with Crippen molar-refractivity contribution in [3.05, 3.63) is 58.6 Å². The summed E-state index contributed by atoms with van der Waals surface area (Å²) in [6.07, 6.45) is 5.10. The van der Waals surface area contributed by atoms with Crippen LogP contribution in [0.3, 0.4) is 0 Å². The van der Waals surface area contributed by atoms with Gasteiger partial charge in [0.25, 0.3) is 0 Å². The number of aryl methyl sites for hydroxylation is 1. The van der Waals surface area contributed by atoms with Crippen LogP contribution in [-0.4, -0.2) is 35.6 Å². The Morgan fingerprint density at radius 1 is 1.12 bits per heavy atom. The van der Waals surface area contributed by atoms with Crippen LogP contribution in [0.4, 0.5) is 0 Å². The largest absolute Gasteiger partial charge is 0.454 e. The second-order valence-corrected chi connectivity index (χ2v) is 8.87. The highest BCUT2D eigenvalue weighted by Gasteiger charge is 2.28. The van der Waals surface area contributed by atoms with E-state index in [-0.39, 0.29) is 31.1 Å². The van der Waals surface area contributed by atoms with Gasteiger partial charge >= 0.3 is 0 Å². The second-order valence-electron chi connectivity index (χ2n) is 8.47. The molecule has 1 heterocycles. The molecule has 0 saturated heterocycles. The monoisotopic (exact) mass is 456 g/mol. The summed E-state index contributed by atoms with van der Waals surface area (Å²) in [5.41, 5.74) is 1.81. The molecule has 1 aliphatic carbocycles. The van der Waals surface area contributed by atoms with Gasteiger partial charge in [0.05, 0.1) is 0 Å². The quantitative estimate of drug-likeness (QED) is 0.636. The number of hydrogen-bond donors (Lipinski definition) is 1. The molecule has 0 bridgehead atoms. The Balaban J connectivity index is 1.46. The summed E-state index contributed by atoms with van der Waals surface area (Å²) in [6, 6.07) is 12.8. The first-order valence-electron chi connectivity index (χ1n) is 11.2. The molecule has 0 aromatic heterocycles. The van der Waals surface area contributed by atoms with Crippen LogP contribution in [-0.2, 0) is 22.6 Å². The first kappa shape index (κ1) is 22.5. The molecule has 1 saturated carbocycles. The lowest BCUT2D eigenvalue weighted by atomic mass is 10.1. The summed E-state index contributed by atoms with van der Waals surface area (Å²) < 4.78 is 10.8. The maximum atomic E-state index is 13.3. The van der Waals surface area contributed by atoms with Crippen molar-refractivity contribution < 1.29 is 19.1 Å². The van der Waals surface area contributed by atoms with E-state index in [1.54, 1.807) is 17.9 Å². The number of nitrogens with zero attached hydrogens (tertiary/aromatic N) is 1. The Morgan fingerprint density at radius 3 is 2.66 bits per heavy atom. The van der Waals surface area contributed by atoms with Crippen molar-refractivity contribution in [1.29, 1.82) is 0 Å². The Labute approximate surface area is 193 Å². The molecule has 2 aromatic rings.